The van der Waals surface area contributed by atoms with Crippen LogP contribution in [0.25, 0.3) is 10.9 Å². The predicted molar refractivity (Wildman–Crippen MR) is 65.0 cm³/mol. The molecule has 1 aliphatic rings. The number of nitrogens with zero attached hydrogens (tertiary/aromatic N) is 2. The molecule has 1 aliphatic heterocycles. The number of phenolic OH excluding ortho intramolecular Hbond substituents is 1. The molecule has 2 aromatic rings. The number of aryl methyl sites for hydroxylation is 1. The maximum Gasteiger partial charge on any atom is 0.150 e. The number of benzene rings is 1. The maximum atomic E-state index is 9.78. The Hall–Kier alpha value is -1.55. The van der Waals surface area contributed by atoms with E-state index < -0.39 is 0 Å². The van der Waals surface area contributed by atoms with Crippen LogP contribution in [0.1, 0.15) is 31.1 Å². The average Bonchev–Trinajstić information content (AvgIpc) is 2.74. The molecule has 0 bridgehead atoms. The fourth-order valence-electron chi connectivity index (χ4n) is 2.34. The SMILES string of the molecule is Cc1cc2cnn(C3CCCCO3)c2cc1O. The fourth-order valence-corrected chi connectivity index (χ4v) is 2.34. The Kier molecular flexibility index (Phi) is 2.52. The lowest BCUT2D eigenvalue weighted by molar-refractivity contribution is -0.0366. The van der Waals surface area contributed by atoms with Gasteiger partial charge in [-0.1, -0.05) is 0 Å². The van der Waals surface area contributed by atoms with E-state index in [9.17, 15) is 5.11 Å². The largest absolute Gasteiger partial charge is 0.508 e. The summed E-state index contributed by atoms with van der Waals surface area (Å²) in [4.78, 5) is 0. The molecular weight excluding hydrogens is 216 g/mol. The van der Waals surface area contributed by atoms with Crippen LogP contribution < -0.4 is 0 Å². The second-order valence-corrected chi connectivity index (χ2v) is 4.61. The third kappa shape index (κ3) is 1.78. The molecule has 3 rings (SSSR count). The van der Waals surface area contributed by atoms with Gasteiger partial charge in [-0.2, -0.15) is 5.10 Å². The Bertz CT molecular complexity index is 542. The molecule has 1 N–H and O–H groups in total. The van der Waals surface area contributed by atoms with Crippen molar-refractivity contribution >= 4 is 10.9 Å². The highest BCUT2D eigenvalue weighted by Crippen LogP contribution is 2.29. The van der Waals surface area contributed by atoms with Gasteiger partial charge in [0.05, 0.1) is 11.7 Å². The molecule has 1 aromatic heterocycles. The van der Waals surface area contributed by atoms with Crippen LogP contribution >= 0.6 is 0 Å². The van der Waals surface area contributed by atoms with Crippen molar-refractivity contribution in [2.45, 2.75) is 32.4 Å². The highest BCUT2D eigenvalue weighted by molar-refractivity contribution is 5.81. The van der Waals surface area contributed by atoms with Crippen LogP contribution in [0.4, 0.5) is 0 Å². The summed E-state index contributed by atoms with van der Waals surface area (Å²) in [5, 5.41) is 15.2. The summed E-state index contributed by atoms with van der Waals surface area (Å²) in [6, 6.07) is 3.73. The molecule has 4 heteroatoms. The highest BCUT2D eigenvalue weighted by atomic mass is 16.5. The molecule has 0 saturated carbocycles. The van der Waals surface area contributed by atoms with Gasteiger partial charge >= 0.3 is 0 Å². The van der Waals surface area contributed by atoms with Crippen molar-refractivity contribution in [2.24, 2.45) is 0 Å². The van der Waals surface area contributed by atoms with Crippen molar-refractivity contribution in [1.82, 2.24) is 9.78 Å². The zero-order chi connectivity index (χ0) is 11.8. The summed E-state index contributed by atoms with van der Waals surface area (Å²) in [5.74, 6) is 0.315. The molecule has 0 spiro atoms. The topological polar surface area (TPSA) is 47.3 Å². The Labute approximate surface area is 99.8 Å². The van der Waals surface area contributed by atoms with Gasteiger partial charge < -0.3 is 9.84 Å². The van der Waals surface area contributed by atoms with Gasteiger partial charge in [-0.3, -0.25) is 0 Å². The zero-order valence-electron chi connectivity index (χ0n) is 9.89. The van der Waals surface area contributed by atoms with Crippen LogP contribution in [-0.2, 0) is 4.74 Å². The number of hydrogen-bond donors (Lipinski definition) is 1. The van der Waals surface area contributed by atoms with Gasteiger partial charge in [0.2, 0.25) is 0 Å². The number of phenols is 1. The number of aromatic nitrogens is 2. The van der Waals surface area contributed by atoms with Crippen LogP contribution in [-0.4, -0.2) is 21.5 Å². The zero-order valence-corrected chi connectivity index (χ0v) is 9.89. The van der Waals surface area contributed by atoms with E-state index >= 15 is 0 Å². The van der Waals surface area contributed by atoms with Gasteiger partial charge in [0, 0.05) is 18.1 Å². The van der Waals surface area contributed by atoms with E-state index in [1.807, 2.05) is 23.9 Å². The molecule has 2 heterocycles. The number of aromatic hydroxyl groups is 1. The first kappa shape index (κ1) is 10.6. The van der Waals surface area contributed by atoms with Crippen LogP contribution in [0.2, 0.25) is 0 Å². The van der Waals surface area contributed by atoms with E-state index in [0.29, 0.717) is 5.75 Å². The van der Waals surface area contributed by atoms with E-state index in [1.54, 1.807) is 6.07 Å². The molecule has 1 saturated heterocycles. The molecular formula is C13H16N2O2. The smallest absolute Gasteiger partial charge is 0.150 e. The Morgan fingerprint density at radius 2 is 2.29 bits per heavy atom. The highest BCUT2D eigenvalue weighted by Gasteiger charge is 2.18. The van der Waals surface area contributed by atoms with Crippen molar-refractivity contribution in [3.63, 3.8) is 0 Å². The number of hydrogen-bond acceptors (Lipinski definition) is 3. The summed E-state index contributed by atoms with van der Waals surface area (Å²) < 4.78 is 7.60. The summed E-state index contributed by atoms with van der Waals surface area (Å²) in [7, 11) is 0. The maximum absolute atomic E-state index is 9.78. The molecule has 0 radical (unpaired) electrons. The van der Waals surface area contributed by atoms with Crippen LogP contribution in [0.3, 0.4) is 0 Å². The minimum atomic E-state index is 0.0170. The molecule has 0 amide bonds. The third-order valence-corrected chi connectivity index (χ3v) is 3.34. The monoisotopic (exact) mass is 232 g/mol. The van der Waals surface area contributed by atoms with Crippen molar-refractivity contribution < 1.29 is 9.84 Å². The Balaban J connectivity index is 2.07. The summed E-state index contributed by atoms with van der Waals surface area (Å²) in [6.07, 6.45) is 5.14. The van der Waals surface area contributed by atoms with E-state index in [4.69, 9.17) is 4.74 Å². The van der Waals surface area contributed by atoms with Crippen molar-refractivity contribution in [3.05, 3.63) is 23.9 Å². The summed E-state index contributed by atoms with van der Waals surface area (Å²) >= 11 is 0. The number of rotatable bonds is 1. The van der Waals surface area contributed by atoms with E-state index in [1.165, 1.54) is 6.42 Å². The predicted octanol–water partition coefficient (Wildman–Crippen LogP) is 2.75. The van der Waals surface area contributed by atoms with Crippen molar-refractivity contribution in [3.8, 4) is 5.75 Å². The lowest BCUT2D eigenvalue weighted by atomic mass is 10.1. The first-order valence-electron chi connectivity index (χ1n) is 6.04. The van der Waals surface area contributed by atoms with E-state index in [2.05, 4.69) is 5.10 Å². The molecule has 4 nitrogen and oxygen atoms in total. The normalized spacial score (nSPS) is 20.9. The van der Waals surface area contributed by atoms with Crippen LogP contribution in [0.5, 0.6) is 5.75 Å². The van der Waals surface area contributed by atoms with E-state index in [-0.39, 0.29) is 6.23 Å². The van der Waals surface area contributed by atoms with Crippen molar-refractivity contribution in [1.29, 1.82) is 0 Å². The van der Waals surface area contributed by atoms with Crippen LogP contribution in [0, 0.1) is 6.92 Å². The van der Waals surface area contributed by atoms with Gasteiger partial charge in [0.1, 0.15) is 5.75 Å². The minimum absolute atomic E-state index is 0.0170. The second-order valence-electron chi connectivity index (χ2n) is 4.61. The lowest BCUT2D eigenvalue weighted by Gasteiger charge is -2.23. The lowest BCUT2D eigenvalue weighted by Crippen LogP contribution is -2.18. The second kappa shape index (κ2) is 4.04. The van der Waals surface area contributed by atoms with Crippen LogP contribution in [0.15, 0.2) is 18.3 Å². The van der Waals surface area contributed by atoms with Gasteiger partial charge in [0.15, 0.2) is 6.23 Å². The molecule has 17 heavy (non-hydrogen) atoms. The molecule has 1 unspecified atom stereocenters. The average molecular weight is 232 g/mol. The molecule has 1 atom stereocenters. The Morgan fingerprint density at radius 1 is 1.41 bits per heavy atom. The molecule has 0 aliphatic carbocycles. The quantitative estimate of drug-likeness (QED) is 0.822. The third-order valence-electron chi connectivity index (χ3n) is 3.34. The first-order chi connectivity index (χ1) is 8.25. The first-order valence-corrected chi connectivity index (χ1v) is 6.04. The van der Waals surface area contributed by atoms with Gasteiger partial charge in [-0.25, -0.2) is 4.68 Å². The van der Waals surface area contributed by atoms with Crippen molar-refractivity contribution in [2.75, 3.05) is 6.61 Å². The minimum Gasteiger partial charge on any atom is -0.508 e. The van der Waals surface area contributed by atoms with Gasteiger partial charge in [-0.15, -0.1) is 0 Å². The number of ether oxygens (including phenoxy) is 1. The summed E-state index contributed by atoms with van der Waals surface area (Å²) in [6.45, 7) is 2.69. The van der Waals surface area contributed by atoms with E-state index in [0.717, 1.165) is 35.9 Å². The molecule has 90 valence electrons. The molecule has 1 fully saturated rings. The standard InChI is InChI=1S/C13H16N2O2/c1-9-6-10-8-14-15(11(10)7-12(9)16)13-4-2-3-5-17-13/h6-8,13,16H,2-5H2,1H3. The Morgan fingerprint density at radius 3 is 3.06 bits per heavy atom. The molecule has 1 aromatic carbocycles. The number of fused-ring (bicyclic) bond motifs is 1. The van der Waals surface area contributed by atoms with Gasteiger partial charge in [0.25, 0.3) is 0 Å². The van der Waals surface area contributed by atoms with Gasteiger partial charge in [-0.05, 0) is 37.8 Å². The fraction of sp³-hybridized carbons (Fsp3) is 0.462. The summed E-state index contributed by atoms with van der Waals surface area (Å²) in [5.41, 5.74) is 1.82.